The van der Waals surface area contributed by atoms with E-state index in [2.05, 4.69) is 15.6 Å². The Hall–Kier alpha value is -1.46. The number of halogens is 3. The highest BCUT2D eigenvalue weighted by atomic mass is 19.4. The Labute approximate surface area is 98.4 Å². The minimum Gasteiger partial charge on any atom is -0.373 e. The first-order valence-corrected chi connectivity index (χ1v) is 5.40. The number of anilines is 2. The number of nitrogens with one attached hydrogen (secondary N) is 2. The maximum atomic E-state index is 12.6. The van der Waals surface area contributed by atoms with Crippen LogP contribution in [0.25, 0.3) is 0 Å². The fraction of sp³-hybridized carbons (Fsp3) is 0.545. The van der Waals surface area contributed by atoms with Gasteiger partial charge in [0.2, 0.25) is 0 Å². The number of alkyl halides is 3. The first kappa shape index (κ1) is 13.6. The van der Waals surface area contributed by atoms with Gasteiger partial charge in [-0.2, -0.15) is 13.2 Å². The molecule has 3 nitrogen and oxygen atoms in total. The summed E-state index contributed by atoms with van der Waals surface area (Å²) in [6.45, 7) is 3.84. The lowest BCUT2D eigenvalue weighted by atomic mass is 10.2. The summed E-state index contributed by atoms with van der Waals surface area (Å²) in [6, 6.07) is 2.09. The lowest BCUT2D eigenvalue weighted by Crippen LogP contribution is -2.16. The summed E-state index contributed by atoms with van der Waals surface area (Å²) < 4.78 is 37.9. The van der Waals surface area contributed by atoms with Gasteiger partial charge in [0.15, 0.2) is 0 Å². The van der Waals surface area contributed by atoms with Crippen molar-refractivity contribution < 1.29 is 13.2 Å². The van der Waals surface area contributed by atoms with E-state index < -0.39 is 11.7 Å². The predicted molar refractivity (Wildman–Crippen MR) is 62.2 cm³/mol. The Balaban J connectivity index is 3.05. The van der Waals surface area contributed by atoms with E-state index in [1.54, 1.807) is 0 Å². The van der Waals surface area contributed by atoms with E-state index in [0.29, 0.717) is 0 Å². The van der Waals surface area contributed by atoms with Gasteiger partial charge in [-0.3, -0.25) is 0 Å². The number of pyridine rings is 1. The Kier molecular flexibility index (Phi) is 4.20. The Morgan fingerprint density at radius 3 is 2.35 bits per heavy atom. The van der Waals surface area contributed by atoms with E-state index in [1.165, 1.54) is 7.05 Å². The van der Waals surface area contributed by atoms with Gasteiger partial charge in [0.1, 0.15) is 11.6 Å². The molecule has 0 spiro atoms. The Morgan fingerprint density at radius 2 is 1.88 bits per heavy atom. The molecule has 0 saturated carbocycles. The second-order valence-electron chi connectivity index (χ2n) is 3.83. The number of aromatic nitrogens is 1. The van der Waals surface area contributed by atoms with Crippen molar-refractivity contribution in [2.45, 2.75) is 32.5 Å². The number of hydrogen-bond acceptors (Lipinski definition) is 3. The summed E-state index contributed by atoms with van der Waals surface area (Å²) in [4.78, 5) is 4.03. The van der Waals surface area contributed by atoms with Gasteiger partial charge in [0.25, 0.3) is 0 Å². The van der Waals surface area contributed by atoms with Crippen LogP contribution in [0.4, 0.5) is 24.8 Å². The molecule has 0 bridgehead atoms. The molecule has 1 unspecified atom stereocenters. The molecule has 0 amide bonds. The maximum Gasteiger partial charge on any atom is 0.416 e. The van der Waals surface area contributed by atoms with Crippen molar-refractivity contribution in [3.63, 3.8) is 0 Å². The van der Waals surface area contributed by atoms with E-state index in [9.17, 15) is 13.2 Å². The molecule has 0 aliphatic heterocycles. The van der Waals surface area contributed by atoms with Crippen molar-refractivity contribution >= 4 is 11.6 Å². The first-order chi connectivity index (χ1) is 7.86. The van der Waals surface area contributed by atoms with Gasteiger partial charge in [-0.15, -0.1) is 0 Å². The van der Waals surface area contributed by atoms with Gasteiger partial charge >= 0.3 is 6.18 Å². The van der Waals surface area contributed by atoms with Crippen LogP contribution < -0.4 is 10.6 Å². The van der Waals surface area contributed by atoms with Crippen molar-refractivity contribution in [3.8, 4) is 0 Å². The topological polar surface area (TPSA) is 37.0 Å². The van der Waals surface area contributed by atoms with Gasteiger partial charge in [-0.25, -0.2) is 4.98 Å². The molecule has 6 heteroatoms. The zero-order chi connectivity index (χ0) is 13.1. The molecule has 1 rings (SSSR count). The maximum absolute atomic E-state index is 12.6. The predicted octanol–water partition coefficient (Wildman–Crippen LogP) is 3.35. The normalized spacial score (nSPS) is 13.3. The van der Waals surface area contributed by atoms with Crippen LogP contribution in [0.2, 0.25) is 0 Å². The Bertz CT molecular complexity index is 377. The van der Waals surface area contributed by atoms with Crippen LogP contribution >= 0.6 is 0 Å². The average Bonchev–Trinajstić information content (AvgIpc) is 2.27. The van der Waals surface area contributed by atoms with E-state index in [-0.39, 0.29) is 17.7 Å². The molecule has 1 aromatic heterocycles. The first-order valence-electron chi connectivity index (χ1n) is 5.40. The third kappa shape index (κ3) is 3.80. The fourth-order valence-electron chi connectivity index (χ4n) is 1.25. The van der Waals surface area contributed by atoms with Crippen LogP contribution in [0.3, 0.4) is 0 Å². The zero-order valence-corrected chi connectivity index (χ0v) is 10.0. The second kappa shape index (κ2) is 5.25. The highest BCUT2D eigenvalue weighted by molar-refractivity contribution is 5.49. The average molecular weight is 247 g/mol. The van der Waals surface area contributed by atoms with Gasteiger partial charge < -0.3 is 10.6 Å². The van der Waals surface area contributed by atoms with Crippen LogP contribution in [0.15, 0.2) is 12.1 Å². The smallest absolute Gasteiger partial charge is 0.373 e. The number of hydrogen-bond donors (Lipinski definition) is 2. The standard InChI is InChI=1S/C11H16F3N3/c1-4-7(2)16-10-6-8(11(12,13)14)5-9(15-3)17-10/h5-7H,4H2,1-3H3,(H2,15,16,17). The minimum atomic E-state index is -4.36. The van der Waals surface area contributed by atoms with Crippen LogP contribution in [-0.2, 0) is 6.18 Å². The Morgan fingerprint density at radius 1 is 1.29 bits per heavy atom. The van der Waals surface area contributed by atoms with Gasteiger partial charge in [-0.05, 0) is 25.5 Å². The zero-order valence-electron chi connectivity index (χ0n) is 10.0. The van der Waals surface area contributed by atoms with Crippen molar-refractivity contribution in [3.05, 3.63) is 17.7 Å². The lowest BCUT2D eigenvalue weighted by Gasteiger charge is -2.15. The lowest BCUT2D eigenvalue weighted by molar-refractivity contribution is -0.137. The van der Waals surface area contributed by atoms with Gasteiger partial charge in [0.05, 0.1) is 5.56 Å². The molecular formula is C11H16F3N3. The van der Waals surface area contributed by atoms with Gasteiger partial charge in [0, 0.05) is 13.1 Å². The van der Waals surface area contributed by atoms with Crippen LogP contribution in [0.5, 0.6) is 0 Å². The SMILES string of the molecule is CCC(C)Nc1cc(C(F)(F)F)cc(NC)n1. The van der Waals surface area contributed by atoms with Crippen LogP contribution in [-0.4, -0.2) is 18.1 Å². The summed E-state index contributed by atoms with van der Waals surface area (Å²) in [5.74, 6) is 0.434. The van der Waals surface area contributed by atoms with Crippen molar-refractivity contribution in [2.75, 3.05) is 17.7 Å². The quantitative estimate of drug-likeness (QED) is 0.856. The van der Waals surface area contributed by atoms with Crippen molar-refractivity contribution in [1.29, 1.82) is 0 Å². The third-order valence-corrected chi connectivity index (χ3v) is 2.42. The molecule has 0 aliphatic carbocycles. The van der Waals surface area contributed by atoms with Crippen molar-refractivity contribution in [2.24, 2.45) is 0 Å². The van der Waals surface area contributed by atoms with E-state index in [0.717, 1.165) is 18.6 Å². The molecule has 1 aromatic rings. The molecular weight excluding hydrogens is 231 g/mol. The van der Waals surface area contributed by atoms with Gasteiger partial charge in [-0.1, -0.05) is 6.92 Å². The van der Waals surface area contributed by atoms with E-state index in [1.807, 2.05) is 13.8 Å². The largest absolute Gasteiger partial charge is 0.416 e. The molecule has 0 saturated heterocycles. The van der Waals surface area contributed by atoms with Crippen molar-refractivity contribution in [1.82, 2.24) is 4.98 Å². The summed E-state index contributed by atoms with van der Waals surface area (Å²) in [7, 11) is 1.54. The molecule has 17 heavy (non-hydrogen) atoms. The number of rotatable bonds is 4. The van der Waals surface area contributed by atoms with Crippen LogP contribution in [0.1, 0.15) is 25.8 Å². The number of nitrogens with zero attached hydrogens (tertiary/aromatic N) is 1. The molecule has 1 atom stereocenters. The van der Waals surface area contributed by atoms with E-state index in [4.69, 9.17) is 0 Å². The third-order valence-electron chi connectivity index (χ3n) is 2.42. The molecule has 2 N–H and O–H groups in total. The molecule has 0 radical (unpaired) electrons. The summed E-state index contributed by atoms with van der Waals surface area (Å²) in [5.41, 5.74) is -0.706. The summed E-state index contributed by atoms with van der Waals surface area (Å²) in [5, 5.41) is 5.55. The summed E-state index contributed by atoms with van der Waals surface area (Å²) in [6.07, 6.45) is -3.55. The summed E-state index contributed by atoms with van der Waals surface area (Å²) >= 11 is 0. The molecule has 0 fully saturated rings. The monoisotopic (exact) mass is 247 g/mol. The fourth-order valence-corrected chi connectivity index (χ4v) is 1.25. The minimum absolute atomic E-state index is 0.0793. The highest BCUT2D eigenvalue weighted by Gasteiger charge is 2.31. The second-order valence-corrected chi connectivity index (χ2v) is 3.83. The molecule has 96 valence electrons. The highest BCUT2D eigenvalue weighted by Crippen LogP contribution is 2.32. The molecule has 0 aromatic carbocycles. The molecule has 0 aliphatic rings. The van der Waals surface area contributed by atoms with Crippen LogP contribution in [0, 0.1) is 0 Å². The molecule has 1 heterocycles. The van der Waals surface area contributed by atoms with E-state index >= 15 is 0 Å².